The first-order chi connectivity index (χ1) is 9.85. The number of aromatic hydroxyl groups is 1. The van der Waals surface area contributed by atoms with E-state index >= 15 is 0 Å². The summed E-state index contributed by atoms with van der Waals surface area (Å²) in [7, 11) is 4.61. The number of phenols is 1. The third-order valence-electron chi connectivity index (χ3n) is 2.70. The molecule has 0 aliphatic rings. The quantitative estimate of drug-likeness (QED) is 0.656. The minimum atomic E-state index is -0.841. The topological polar surface area (TPSA) is 76.1 Å². The lowest BCUT2D eigenvalue weighted by Gasteiger charge is -2.16. The molecule has 0 radical (unpaired) electrons. The molecule has 6 nitrogen and oxygen atoms in total. The van der Waals surface area contributed by atoms with Gasteiger partial charge in [0, 0.05) is 20.2 Å². The Labute approximate surface area is 123 Å². The fraction of sp³-hybridized carbons (Fsp3) is 0.333. The number of methoxy groups -OCH3 is 1. The second-order valence-electron chi connectivity index (χ2n) is 4.58. The molecule has 1 aromatic carbocycles. The molecular formula is C15H19NO5. The van der Waals surface area contributed by atoms with Gasteiger partial charge in [0.15, 0.2) is 17.6 Å². The number of hydrogen-bond donors (Lipinski definition) is 1. The van der Waals surface area contributed by atoms with Crippen molar-refractivity contribution >= 4 is 18.0 Å². The van der Waals surface area contributed by atoms with Gasteiger partial charge in [0.25, 0.3) is 5.91 Å². The van der Waals surface area contributed by atoms with Gasteiger partial charge in [0.05, 0.1) is 7.11 Å². The number of carbonyl (C=O) groups excluding carboxylic acids is 2. The zero-order chi connectivity index (χ0) is 16.0. The number of phenolic OH excluding ortho intramolecular Hbond substituents is 1. The van der Waals surface area contributed by atoms with Crippen LogP contribution in [-0.4, -0.2) is 49.2 Å². The van der Waals surface area contributed by atoms with Crippen LogP contribution in [0.25, 0.3) is 6.08 Å². The van der Waals surface area contributed by atoms with E-state index in [2.05, 4.69) is 0 Å². The molecule has 21 heavy (non-hydrogen) atoms. The summed E-state index contributed by atoms with van der Waals surface area (Å²) in [4.78, 5) is 24.5. The van der Waals surface area contributed by atoms with Crippen molar-refractivity contribution in [2.24, 2.45) is 0 Å². The van der Waals surface area contributed by atoms with Crippen LogP contribution in [-0.2, 0) is 14.3 Å². The molecular weight excluding hydrogens is 274 g/mol. The predicted molar refractivity (Wildman–Crippen MR) is 77.9 cm³/mol. The van der Waals surface area contributed by atoms with Crippen molar-refractivity contribution in [3.8, 4) is 11.5 Å². The van der Waals surface area contributed by atoms with E-state index in [0.29, 0.717) is 11.3 Å². The number of esters is 1. The molecule has 0 aliphatic carbocycles. The van der Waals surface area contributed by atoms with Crippen molar-refractivity contribution in [3.05, 3.63) is 29.8 Å². The molecule has 1 N–H and O–H groups in total. The number of ether oxygens (including phenoxy) is 2. The van der Waals surface area contributed by atoms with Gasteiger partial charge in [-0.15, -0.1) is 0 Å². The largest absolute Gasteiger partial charge is 0.504 e. The highest BCUT2D eigenvalue weighted by Gasteiger charge is 2.17. The lowest BCUT2D eigenvalue weighted by molar-refractivity contribution is -0.153. The van der Waals surface area contributed by atoms with Crippen LogP contribution in [0.4, 0.5) is 0 Å². The summed E-state index contributed by atoms with van der Waals surface area (Å²) in [6.45, 7) is 1.51. The molecule has 6 heteroatoms. The van der Waals surface area contributed by atoms with Crippen molar-refractivity contribution in [2.75, 3.05) is 21.2 Å². The normalized spacial score (nSPS) is 12.0. The highest BCUT2D eigenvalue weighted by molar-refractivity contribution is 5.90. The maximum absolute atomic E-state index is 11.6. The maximum Gasteiger partial charge on any atom is 0.331 e. The molecule has 0 bridgehead atoms. The summed E-state index contributed by atoms with van der Waals surface area (Å²) in [5.41, 5.74) is 0.660. The zero-order valence-corrected chi connectivity index (χ0v) is 12.5. The van der Waals surface area contributed by atoms with Crippen molar-refractivity contribution in [1.82, 2.24) is 4.90 Å². The molecule has 1 atom stereocenters. The molecule has 1 amide bonds. The van der Waals surface area contributed by atoms with Crippen molar-refractivity contribution in [3.63, 3.8) is 0 Å². The van der Waals surface area contributed by atoms with Crippen molar-refractivity contribution < 1.29 is 24.2 Å². The molecule has 0 aromatic heterocycles. The Morgan fingerprint density at radius 2 is 2.00 bits per heavy atom. The van der Waals surface area contributed by atoms with E-state index in [-0.39, 0.29) is 11.7 Å². The fourth-order valence-electron chi connectivity index (χ4n) is 1.59. The Bertz CT molecular complexity index is 551. The number of hydrogen-bond acceptors (Lipinski definition) is 5. The van der Waals surface area contributed by atoms with Gasteiger partial charge in [-0.3, -0.25) is 4.79 Å². The van der Waals surface area contributed by atoms with Gasteiger partial charge in [0.1, 0.15) is 0 Å². The molecule has 0 spiro atoms. The Hall–Kier alpha value is -2.50. The highest BCUT2D eigenvalue weighted by Crippen LogP contribution is 2.26. The molecule has 0 aliphatic heterocycles. The Morgan fingerprint density at radius 3 is 2.57 bits per heavy atom. The minimum absolute atomic E-state index is 0.0161. The van der Waals surface area contributed by atoms with Crippen LogP contribution in [0.5, 0.6) is 11.5 Å². The van der Waals surface area contributed by atoms with E-state index in [0.717, 1.165) is 0 Å². The third-order valence-corrected chi connectivity index (χ3v) is 2.70. The van der Waals surface area contributed by atoms with Crippen LogP contribution < -0.4 is 4.74 Å². The number of amides is 1. The first-order valence-electron chi connectivity index (χ1n) is 6.32. The standard InChI is InChI=1S/C15H19NO5/c1-10(15(19)16(2)3)21-14(18)8-6-11-5-7-12(17)13(9-11)20-4/h5-10,17H,1-4H3/b8-6+/t10-/m1/s1. The lowest BCUT2D eigenvalue weighted by Crippen LogP contribution is -2.34. The Balaban J connectivity index is 2.68. The first-order valence-corrected chi connectivity index (χ1v) is 6.32. The lowest BCUT2D eigenvalue weighted by atomic mass is 10.2. The van der Waals surface area contributed by atoms with Crippen molar-refractivity contribution in [1.29, 1.82) is 0 Å². The summed E-state index contributed by atoms with van der Waals surface area (Å²) < 4.78 is 9.94. The van der Waals surface area contributed by atoms with Gasteiger partial charge in [0.2, 0.25) is 0 Å². The van der Waals surface area contributed by atoms with Crippen LogP contribution in [0.2, 0.25) is 0 Å². The third kappa shape index (κ3) is 4.83. The second kappa shape index (κ2) is 7.33. The van der Waals surface area contributed by atoms with E-state index in [1.54, 1.807) is 26.2 Å². The summed E-state index contributed by atoms with van der Waals surface area (Å²) in [6, 6.07) is 4.66. The summed E-state index contributed by atoms with van der Waals surface area (Å²) in [5, 5.41) is 9.46. The van der Waals surface area contributed by atoms with Crippen molar-refractivity contribution in [2.45, 2.75) is 13.0 Å². The van der Waals surface area contributed by atoms with E-state index in [1.165, 1.54) is 37.2 Å². The first kappa shape index (κ1) is 16.6. The van der Waals surface area contributed by atoms with Gasteiger partial charge >= 0.3 is 5.97 Å². The van der Waals surface area contributed by atoms with Gasteiger partial charge in [-0.1, -0.05) is 6.07 Å². The summed E-state index contributed by atoms with van der Waals surface area (Å²) in [6.07, 6.45) is 1.88. The molecule has 0 saturated heterocycles. The van der Waals surface area contributed by atoms with Gasteiger partial charge in [-0.25, -0.2) is 4.79 Å². The fourth-order valence-corrected chi connectivity index (χ4v) is 1.59. The summed E-state index contributed by atoms with van der Waals surface area (Å²) >= 11 is 0. The molecule has 0 fully saturated rings. The molecule has 114 valence electrons. The van der Waals surface area contributed by atoms with Gasteiger partial charge in [-0.05, 0) is 30.7 Å². The molecule has 0 heterocycles. The summed E-state index contributed by atoms with van der Waals surface area (Å²) in [5.74, 6) is -0.586. The Morgan fingerprint density at radius 1 is 1.33 bits per heavy atom. The number of nitrogens with zero attached hydrogens (tertiary/aromatic N) is 1. The number of carbonyl (C=O) groups is 2. The monoisotopic (exact) mass is 293 g/mol. The van der Waals surface area contributed by atoms with E-state index in [1.807, 2.05) is 0 Å². The number of likely N-dealkylation sites (N-methyl/N-ethyl adjacent to an activating group) is 1. The Kier molecular flexibility index (Phi) is 5.78. The SMILES string of the molecule is COc1cc(/C=C/C(=O)O[C@H](C)C(=O)N(C)C)ccc1O. The number of rotatable bonds is 5. The van der Waals surface area contributed by atoms with Crippen LogP contribution in [0, 0.1) is 0 Å². The molecule has 1 aromatic rings. The molecule has 1 rings (SSSR count). The molecule has 0 unspecified atom stereocenters. The van der Waals surface area contributed by atoms with Crippen LogP contribution in [0.15, 0.2) is 24.3 Å². The van der Waals surface area contributed by atoms with Crippen LogP contribution in [0.3, 0.4) is 0 Å². The maximum atomic E-state index is 11.6. The average molecular weight is 293 g/mol. The van der Waals surface area contributed by atoms with Crippen LogP contribution in [0.1, 0.15) is 12.5 Å². The number of benzene rings is 1. The van der Waals surface area contributed by atoms with Gasteiger partial charge < -0.3 is 19.5 Å². The van der Waals surface area contributed by atoms with E-state index < -0.39 is 12.1 Å². The predicted octanol–water partition coefficient (Wildman–Crippen LogP) is 1.43. The average Bonchev–Trinajstić information content (AvgIpc) is 2.45. The second-order valence-corrected chi connectivity index (χ2v) is 4.58. The molecule has 0 saturated carbocycles. The van der Waals surface area contributed by atoms with Gasteiger partial charge in [-0.2, -0.15) is 0 Å². The van der Waals surface area contributed by atoms with E-state index in [4.69, 9.17) is 9.47 Å². The smallest absolute Gasteiger partial charge is 0.331 e. The van der Waals surface area contributed by atoms with Crippen LogP contribution >= 0.6 is 0 Å². The highest BCUT2D eigenvalue weighted by atomic mass is 16.5. The van der Waals surface area contributed by atoms with E-state index in [9.17, 15) is 14.7 Å². The zero-order valence-electron chi connectivity index (χ0n) is 12.5. The minimum Gasteiger partial charge on any atom is -0.504 e.